The summed E-state index contributed by atoms with van der Waals surface area (Å²) in [4.78, 5) is 0. The highest BCUT2D eigenvalue weighted by Gasteiger charge is 2.33. The first-order valence-corrected chi connectivity index (χ1v) is 7.88. The minimum Gasteiger partial charge on any atom is -0.377 e. The molecule has 0 aromatic carbocycles. The topological polar surface area (TPSA) is 21.3 Å². The van der Waals surface area contributed by atoms with Gasteiger partial charge in [0.1, 0.15) is 0 Å². The van der Waals surface area contributed by atoms with E-state index in [1.54, 1.807) is 0 Å². The van der Waals surface area contributed by atoms with Gasteiger partial charge in [0.15, 0.2) is 0 Å². The summed E-state index contributed by atoms with van der Waals surface area (Å²) in [6, 6.07) is 0.589. The molecule has 1 N–H and O–H groups in total. The molecule has 1 saturated heterocycles. The lowest BCUT2D eigenvalue weighted by Crippen LogP contribution is -2.45. The average Bonchev–Trinajstić information content (AvgIpc) is 2.74. The van der Waals surface area contributed by atoms with E-state index in [1.807, 2.05) is 0 Å². The molecule has 1 aliphatic heterocycles. The standard InChI is InChI=1S/C13H25NOS/c1-11-12(6-9-15-11)14-10-13(16-2)7-4-3-5-8-13/h11-12,14H,3-10H2,1-2H3. The number of rotatable bonds is 4. The number of hydrogen-bond donors (Lipinski definition) is 1. The first-order chi connectivity index (χ1) is 7.76. The van der Waals surface area contributed by atoms with Crippen LogP contribution in [0.2, 0.25) is 0 Å². The molecule has 2 unspecified atom stereocenters. The van der Waals surface area contributed by atoms with Gasteiger partial charge in [-0.3, -0.25) is 0 Å². The lowest BCUT2D eigenvalue weighted by atomic mass is 9.88. The Bertz CT molecular complexity index is 216. The molecule has 0 amide bonds. The number of hydrogen-bond acceptors (Lipinski definition) is 3. The van der Waals surface area contributed by atoms with Crippen molar-refractivity contribution in [3.63, 3.8) is 0 Å². The highest BCUT2D eigenvalue weighted by atomic mass is 32.2. The van der Waals surface area contributed by atoms with E-state index in [0.29, 0.717) is 16.9 Å². The predicted molar refractivity (Wildman–Crippen MR) is 71.2 cm³/mol. The molecule has 0 bridgehead atoms. The molecule has 0 aromatic rings. The van der Waals surface area contributed by atoms with Gasteiger partial charge in [-0.25, -0.2) is 0 Å². The van der Waals surface area contributed by atoms with Crippen LogP contribution in [0, 0.1) is 0 Å². The van der Waals surface area contributed by atoms with E-state index in [2.05, 4.69) is 30.3 Å². The molecule has 2 rings (SSSR count). The van der Waals surface area contributed by atoms with Crippen LogP contribution in [-0.2, 0) is 4.74 Å². The van der Waals surface area contributed by atoms with E-state index in [1.165, 1.54) is 45.1 Å². The van der Waals surface area contributed by atoms with Crippen LogP contribution in [0.3, 0.4) is 0 Å². The third kappa shape index (κ3) is 2.93. The SMILES string of the molecule is CSC1(CNC2CCOC2C)CCCCC1. The maximum atomic E-state index is 5.60. The van der Waals surface area contributed by atoms with E-state index in [0.717, 1.165) is 6.61 Å². The Labute approximate surface area is 104 Å². The second-order valence-electron chi connectivity index (χ2n) is 5.30. The molecular weight excluding hydrogens is 218 g/mol. The second-order valence-corrected chi connectivity index (χ2v) is 6.57. The van der Waals surface area contributed by atoms with Gasteiger partial charge in [-0.15, -0.1) is 0 Å². The third-order valence-corrected chi connectivity index (χ3v) is 5.68. The third-order valence-electron chi connectivity index (χ3n) is 4.26. The Kier molecular flexibility index (Phi) is 4.57. The molecule has 1 aliphatic carbocycles. The Morgan fingerprint density at radius 1 is 1.31 bits per heavy atom. The molecule has 2 aliphatic rings. The monoisotopic (exact) mass is 243 g/mol. The second kappa shape index (κ2) is 5.74. The number of nitrogens with one attached hydrogen (secondary N) is 1. The van der Waals surface area contributed by atoms with Crippen molar-refractivity contribution in [1.82, 2.24) is 5.32 Å². The molecule has 2 fully saturated rings. The van der Waals surface area contributed by atoms with Crippen molar-refractivity contribution in [3.05, 3.63) is 0 Å². The van der Waals surface area contributed by atoms with Crippen LogP contribution < -0.4 is 5.32 Å². The van der Waals surface area contributed by atoms with Crippen molar-refractivity contribution < 1.29 is 4.74 Å². The van der Waals surface area contributed by atoms with Crippen molar-refractivity contribution in [2.24, 2.45) is 0 Å². The summed E-state index contributed by atoms with van der Waals surface area (Å²) >= 11 is 2.07. The van der Waals surface area contributed by atoms with Crippen LogP contribution in [0.4, 0.5) is 0 Å². The minimum atomic E-state index is 0.405. The highest BCUT2D eigenvalue weighted by Crippen LogP contribution is 2.38. The maximum absolute atomic E-state index is 5.60. The number of thioether (sulfide) groups is 1. The molecule has 0 spiro atoms. The fraction of sp³-hybridized carbons (Fsp3) is 1.00. The van der Waals surface area contributed by atoms with E-state index < -0.39 is 0 Å². The van der Waals surface area contributed by atoms with Gasteiger partial charge in [0.2, 0.25) is 0 Å². The van der Waals surface area contributed by atoms with Gasteiger partial charge in [-0.05, 0) is 32.4 Å². The molecule has 2 nitrogen and oxygen atoms in total. The van der Waals surface area contributed by atoms with Gasteiger partial charge in [0, 0.05) is 23.9 Å². The van der Waals surface area contributed by atoms with Crippen molar-refractivity contribution >= 4 is 11.8 Å². The summed E-state index contributed by atoms with van der Waals surface area (Å²) in [5, 5.41) is 3.75. The normalized spacial score (nSPS) is 34.1. The number of ether oxygens (including phenoxy) is 1. The lowest BCUT2D eigenvalue weighted by molar-refractivity contribution is 0.112. The summed E-state index contributed by atoms with van der Waals surface area (Å²) in [5.74, 6) is 0. The van der Waals surface area contributed by atoms with Gasteiger partial charge in [-0.2, -0.15) is 11.8 Å². The molecule has 1 heterocycles. The van der Waals surface area contributed by atoms with Crippen LogP contribution in [-0.4, -0.2) is 36.3 Å². The van der Waals surface area contributed by atoms with E-state index in [-0.39, 0.29) is 0 Å². The molecule has 0 aromatic heterocycles. The summed E-state index contributed by atoms with van der Waals surface area (Å²) < 4.78 is 6.12. The first kappa shape index (κ1) is 12.7. The zero-order chi connectivity index (χ0) is 11.4. The molecule has 3 heteroatoms. The van der Waals surface area contributed by atoms with Gasteiger partial charge < -0.3 is 10.1 Å². The van der Waals surface area contributed by atoms with Crippen LogP contribution in [0.25, 0.3) is 0 Å². The Hall–Kier alpha value is 0.270. The molecule has 94 valence electrons. The summed E-state index contributed by atoms with van der Waals surface area (Å²) in [6.45, 7) is 4.30. The zero-order valence-corrected chi connectivity index (χ0v) is 11.4. The van der Waals surface area contributed by atoms with Crippen molar-refractivity contribution in [1.29, 1.82) is 0 Å². The molecule has 0 radical (unpaired) electrons. The van der Waals surface area contributed by atoms with Crippen LogP contribution in [0.5, 0.6) is 0 Å². The van der Waals surface area contributed by atoms with Gasteiger partial charge in [-0.1, -0.05) is 19.3 Å². The van der Waals surface area contributed by atoms with Gasteiger partial charge >= 0.3 is 0 Å². The fourth-order valence-electron chi connectivity index (χ4n) is 2.97. The van der Waals surface area contributed by atoms with E-state index in [4.69, 9.17) is 4.74 Å². The maximum Gasteiger partial charge on any atom is 0.0700 e. The minimum absolute atomic E-state index is 0.405. The summed E-state index contributed by atoms with van der Waals surface area (Å²) in [6.07, 6.45) is 10.9. The Balaban J connectivity index is 1.82. The van der Waals surface area contributed by atoms with Crippen molar-refractivity contribution in [3.8, 4) is 0 Å². The molecule has 1 saturated carbocycles. The molecule has 16 heavy (non-hydrogen) atoms. The average molecular weight is 243 g/mol. The van der Waals surface area contributed by atoms with E-state index in [9.17, 15) is 0 Å². The largest absolute Gasteiger partial charge is 0.377 e. The molecular formula is C13H25NOS. The first-order valence-electron chi connectivity index (χ1n) is 6.66. The Morgan fingerprint density at radius 3 is 2.62 bits per heavy atom. The smallest absolute Gasteiger partial charge is 0.0700 e. The Morgan fingerprint density at radius 2 is 2.06 bits per heavy atom. The lowest BCUT2D eigenvalue weighted by Gasteiger charge is -2.37. The van der Waals surface area contributed by atoms with Crippen molar-refractivity contribution in [2.45, 2.75) is 62.3 Å². The highest BCUT2D eigenvalue weighted by molar-refractivity contribution is 8.00. The zero-order valence-electron chi connectivity index (χ0n) is 10.6. The van der Waals surface area contributed by atoms with Crippen LogP contribution in [0.15, 0.2) is 0 Å². The van der Waals surface area contributed by atoms with Gasteiger partial charge in [0.05, 0.1) is 6.10 Å². The van der Waals surface area contributed by atoms with E-state index >= 15 is 0 Å². The summed E-state index contributed by atoms with van der Waals surface area (Å²) in [7, 11) is 0. The fourth-order valence-corrected chi connectivity index (χ4v) is 3.89. The van der Waals surface area contributed by atoms with Gasteiger partial charge in [0.25, 0.3) is 0 Å². The van der Waals surface area contributed by atoms with Crippen LogP contribution >= 0.6 is 11.8 Å². The predicted octanol–water partition coefficient (Wildman–Crippen LogP) is 2.82. The quantitative estimate of drug-likeness (QED) is 0.820. The van der Waals surface area contributed by atoms with Crippen molar-refractivity contribution in [2.75, 3.05) is 19.4 Å². The summed E-state index contributed by atoms with van der Waals surface area (Å²) in [5.41, 5.74) is 0. The molecule has 2 atom stereocenters. The van der Waals surface area contributed by atoms with Crippen LogP contribution in [0.1, 0.15) is 45.4 Å².